The fraction of sp³-hybridized carbons (Fsp3) is 0.579. The van der Waals surface area contributed by atoms with Gasteiger partial charge in [-0.25, -0.2) is 0 Å². The Morgan fingerprint density at radius 1 is 0.878 bits per heavy atom. The van der Waals surface area contributed by atoms with Gasteiger partial charge < -0.3 is 9.80 Å². The van der Waals surface area contributed by atoms with Crippen LogP contribution < -0.4 is 0 Å². The summed E-state index contributed by atoms with van der Waals surface area (Å²) in [5.74, 6) is 9.71. The molecule has 0 unspecified atom stereocenters. The minimum atomic E-state index is -1.02. The second-order valence-corrected chi connectivity index (χ2v) is 16.2. The maximum Gasteiger partial charge on any atom is 0.0189 e. The van der Waals surface area contributed by atoms with Crippen LogP contribution in [-0.4, -0.2) is 60.0 Å². The summed E-state index contributed by atoms with van der Waals surface area (Å²) in [6.45, 7) is 16.5. The summed E-state index contributed by atoms with van der Waals surface area (Å²) in [5, 5.41) is 0. The standard InChI is InChI=1S/C28H46N2.C10H14S/c1-4-26(23-27-11-7-5-8-12-27)16-14-24(2)13-15-25(3)29-21-17-28(18-22-29)30-19-9-6-10-20-30;1-9-5-7-10(8-6-9)11(2,3)4/h5,7-8,11-12,24,26,28H,3-4,6,9-10,13-23H2,1-2H3;5-8H,2-3H2,1,4H3/t24-,26-;/m0./s1. The Kier molecular flexibility index (Phi) is 14.1. The molecule has 2 nitrogen and oxygen atoms in total. The molecule has 0 N–H and O–H groups in total. The molecule has 0 aromatic heterocycles. The van der Waals surface area contributed by atoms with Gasteiger partial charge in [-0.2, -0.15) is 9.21 Å². The molecule has 4 rings (SSSR count). The highest BCUT2D eigenvalue weighted by Crippen LogP contribution is 2.28. The van der Waals surface area contributed by atoms with E-state index in [-0.39, 0.29) is 0 Å². The quantitative estimate of drug-likeness (QED) is 0.232. The number of hydrogen-bond acceptors (Lipinski definition) is 2. The lowest BCUT2D eigenvalue weighted by Crippen LogP contribution is -2.46. The summed E-state index contributed by atoms with van der Waals surface area (Å²) in [4.78, 5) is 6.63. The fourth-order valence-corrected chi connectivity index (χ4v) is 7.12. The first-order chi connectivity index (χ1) is 19.7. The van der Waals surface area contributed by atoms with Crippen LogP contribution in [0.5, 0.6) is 0 Å². The number of benzene rings is 2. The first-order valence-corrected chi connectivity index (χ1v) is 18.8. The van der Waals surface area contributed by atoms with E-state index in [1.165, 1.54) is 119 Å². The highest BCUT2D eigenvalue weighted by molar-refractivity contribution is 8.27. The number of likely N-dealkylation sites (tertiary alicyclic amines) is 2. The zero-order chi connectivity index (χ0) is 29.7. The van der Waals surface area contributed by atoms with E-state index in [0.717, 1.165) is 17.9 Å². The van der Waals surface area contributed by atoms with Crippen molar-refractivity contribution in [2.24, 2.45) is 11.8 Å². The van der Waals surface area contributed by atoms with Gasteiger partial charge in [-0.3, -0.25) is 0 Å². The van der Waals surface area contributed by atoms with Gasteiger partial charge in [0.05, 0.1) is 0 Å². The summed E-state index contributed by atoms with van der Waals surface area (Å²) in [7, 11) is -1.02. The maximum atomic E-state index is 4.47. The van der Waals surface area contributed by atoms with Crippen molar-refractivity contribution in [3.05, 3.63) is 78.0 Å². The Morgan fingerprint density at radius 2 is 1.51 bits per heavy atom. The van der Waals surface area contributed by atoms with Gasteiger partial charge in [-0.15, -0.1) is 0 Å². The number of rotatable bonds is 12. The predicted octanol–water partition coefficient (Wildman–Crippen LogP) is 9.57. The molecule has 0 radical (unpaired) electrons. The van der Waals surface area contributed by atoms with E-state index >= 15 is 0 Å². The zero-order valence-electron chi connectivity index (χ0n) is 27.0. The largest absolute Gasteiger partial charge is 0.375 e. The molecule has 2 fully saturated rings. The fourth-order valence-electron chi connectivity index (χ4n) is 6.33. The molecule has 2 heterocycles. The highest BCUT2D eigenvalue weighted by Gasteiger charge is 2.26. The van der Waals surface area contributed by atoms with Gasteiger partial charge >= 0.3 is 0 Å². The monoisotopic (exact) mass is 576 g/mol. The summed E-state index contributed by atoms with van der Waals surface area (Å²) < 4.78 is 0. The van der Waals surface area contributed by atoms with Crippen LogP contribution in [0.15, 0.2) is 71.8 Å². The van der Waals surface area contributed by atoms with E-state index in [4.69, 9.17) is 0 Å². The number of hydrogen-bond donors (Lipinski definition) is 0. The van der Waals surface area contributed by atoms with Gasteiger partial charge in [-0.1, -0.05) is 99.5 Å². The molecule has 2 aromatic rings. The van der Waals surface area contributed by atoms with E-state index in [2.05, 4.69) is 110 Å². The van der Waals surface area contributed by atoms with Crippen LogP contribution in [0.1, 0.15) is 89.2 Å². The molecule has 0 bridgehead atoms. The molecule has 2 saturated heterocycles. The van der Waals surface area contributed by atoms with Crippen LogP contribution in [0.2, 0.25) is 0 Å². The molecule has 2 atom stereocenters. The summed E-state index contributed by atoms with van der Waals surface area (Å²) in [5.41, 5.74) is 4.19. The van der Waals surface area contributed by atoms with Crippen LogP contribution in [0.25, 0.3) is 0 Å². The summed E-state index contributed by atoms with van der Waals surface area (Å²) in [6, 6.07) is 20.3. The molecule has 0 amide bonds. The Bertz CT molecular complexity index is 1100. The molecule has 3 heteroatoms. The van der Waals surface area contributed by atoms with Crippen LogP contribution in [0, 0.1) is 18.8 Å². The molecule has 0 aliphatic carbocycles. The van der Waals surface area contributed by atoms with Gasteiger partial charge in [0.15, 0.2) is 0 Å². The van der Waals surface area contributed by atoms with E-state index in [1.54, 1.807) is 0 Å². The molecule has 2 aromatic carbocycles. The molecule has 0 saturated carbocycles. The van der Waals surface area contributed by atoms with Crippen molar-refractivity contribution in [1.82, 2.24) is 9.80 Å². The third kappa shape index (κ3) is 12.0. The van der Waals surface area contributed by atoms with Crippen LogP contribution in [0.3, 0.4) is 0 Å². The van der Waals surface area contributed by atoms with Crippen molar-refractivity contribution in [3.8, 4) is 0 Å². The van der Waals surface area contributed by atoms with Gasteiger partial charge in [0.1, 0.15) is 0 Å². The lowest BCUT2D eigenvalue weighted by Gasteiger charge is -2.41. The maximum absolute atomic E-state index is 4.47. The van der Waals surface area contributed by atoms with Gasteiger partial charge in [0.2, 0.25) is 0 Å². The van der Waals surface area contributed by atoms with Gasteiger partial charge in [-0.05, 0) is 112 Å². The second kappa shape index (κ2) is 17.2. The second-order valence-electron chi connectivity index (χ2n) is 13.2. The van der Waals surface area contributed by atoms with Crippen molar-refractivity contribution in [1.29, 1.82) is 0 Å². The smallest absolute Gasteiger partial charge is 0.0189 e. The van der Waals surface area contributed by atoms with E-state index in [1.807, 2.05) is 0 Å². The Hall–Kier alpha value is -1.97. The first-order valence-electron chi connectivity index (χ1n) is 16.4. The van der Waals surface area contributed by atoms with E-state index in [0.29, 0.717) is 0 Å². The lowest BCUT2D eigenvalue weighted by molar-refractivity contribution is 0.104. The molecule has 41 heavy (non-hydrogen) atoms. The average Bonchev–Trinajstić information content (AvgIpc) is 2.99. The third-order valence-corrected chi connectivity index (χ3v) is 10.8. The van der Waals surface area contributed by atoms with Crippen molar-refractivity contribution in [2.75, 3.05) is 32.4 Å². The van der Waals surface area contributed by atoms with Crippen LogP contribution in [-0.2, 0) is 6.42 Å². The molecular weight excluding hydrogens is 516 g/mol. The Morgan fingerprint density at radius 3 is 2.10 bits per heavy atom. The van der Waals surface area contributed by atoms with Gasteiger partial charge in [0.25, 0.3) is 0 Å². The number of aryl methyl sites for hydroxylation is 1. The first kappa shape index (κ1) is 33.5. The zero-order valence-corrected chi connectivity index (χ0v) is 27.8. The van der Waals surface area contributed by atoms with E-state index < -0.39 is 9.21 Å². The molecular formula is C38H60N2S. The minimum Gasteiger partial charge on any atom is -0.375 e. The van der Waals surface area contributed by atoms with Crippen molar-refractivity contribution in [3.63, 3.8) is 0 Å². The van der Waals surface area contributed by atoms with Crippen molar-refractivity contribution in [2.45, 2.75) is 102 Å². The minimum absolute atomic E-state index is 0.803. The van der Waals surface area contributed by atoms with Crippen LogP contribution >= 0.6 is 9.21 Å². The predicted molar refractivity (Wildman–Crippen MR) is 188 cm³/mol. The Labute approximate surface area is 254 Å². The number of nitrogens with zero attached hydrogens (tertiary/aromatic N) is 2. The molecule has 2 aliphatic rings. The third-order valence-electron chi connectivity index (χ3n) is 9.35. The SMILES string of the molecule is C=C(CC[C@H](C)CC[C@H](CC)Cc1ccccc1)N1CCC(N2CCCCC2)CC1.C=S(=C)(C)c1ccc(C)cc1. The van der Waals surface area contributed by atoms with Crippen molar-refractivity contribution < 1.29 is 0 Å². The normalized spacial score (nSPS) is 18.3. The molecule has 2 aliphatic heterocycles. The topological polar surface area (TPSA) is 6.48 Å². The molecule has 228 valence electrons. The molecule has 0 spiro atoms. The van der Waals surface area contributed by atoms with E-state index in [9.17, 15) is 0 Å². The Balaban J connectivity index is 0.000000352. The highest BCUT2D eigenvalue weighted by atomic mass is 32.2. The van der Waals surface area contributed by atoms with Crippen molar-refractivity contribution >= 4 is 20.9 Å². The summed E-state index contributed by atoms with van der Waals surface area (Å²) in [6.07, 6.45) is 16.8. The average molecular weight is 577 g/mol. The summed E-state index contributed by atoms with van der Waals surface area (Å²) >= 11 is 0. The number of allylic oxidation sites excluding steroid dienone is 1. The van der Waals surface area contributed by atoms with Crippen LogP contribution in [0.4, 0.5) is 0 Å². The van der Waals surface area contributed by atoms with Gasteiger partial charge in [0, 0.05) is 24.8 Å². The lowest BCUT2D eigenvalue weighted by atomic mass is 9.88. The number of piperidine rings is 2.